The molecule has 0 N–H and O–H groups in total. The summed E-state index contributed by atoms with van der Waals surface area (Å²) < 4.78 is 0. The van der Waals surface area contributed by atoms with Crippen LogP contribution >= 0.6 is 11.8 Å². The summed E-state index contributed by atoms with van der Waals surface area (Å²) in [7, 11) is 4.41. The van der Waals surface area contributed by atoms with Crippen LogP contribution in [0, 0.1) is 5.41 Å². The largest absolute Gasteiger partial charge is 0.306 e. The second-order valence-corrected chi connectivity index (χ2v) is 8.56. The quantitative estimate of drug-likeness (QED) is 0.560. The number of hydrogen-bond acceptors (Lipinski definition) is 5. The third-order valence-electron chi connectivity index (χ3n) is 4.75. The first-order valence-corrected chi connectivity index (χ1v) is 9.86. The number of likely N-dealkylation sites (tertiary alicyclic amines) is 1. The van der Waals surface area contributed by atoms with E-state index in [1.807, 2.05) is 18.5 Å². The average Bonchev–Trinajstić information content (AvgIpc) is 2.93. The highest BCUT2D eigenvalue weighted by Crippen LogP contribution is 2.30. The van der Waals surface area contributed by atoms with E-state index in [0.29, 0.717) is 5.41 Å². The monoisotopic (exact) mass is 356 g/mol. The van der Waals surface area contributed by atoms with Crippen molar-refractivity contribution in [2.24, 2.45) is 5.41 Å². The van der Waals surface area contributed by atoms with Crippen molar-refractivity contribution >= 4 is 11.8 Å². The Morgan fingerprint density at radius 3 is 2.52 bits per heavy atom. The van der Waals surface area contributed by atoms with E-state index >= 15 is 0 Å². The van der Waals surface area contributed by atoms with Crippen molar-refractivity contribution in [3.8, 4) is 0 Å². The van der Waals surface area contributed by atoms with Crippen LogP contribution in [0.2, 0.25) is 0 Å². The molecule has 1 aromatic carbocycles. The first-order valence-electron chi connectivity index (χ1n) is 8.87. The zero-order valence-corrected chi connectivity index (χ0v) is 16.3. The summed E-state index contributed by atoms with van der Waals surface area (Å²) >= 11 is 1.69. The molecule has 0 bridgehead atoms. The molecule has 1 aliphatic rings. The van der Waals surface area contributed by atoms with Gasteiger partial charge >= 0.3 is 0 Å². The van der Waals surface area contributed by atoms with Crippen LogP contribution in [0.4, 0.5) is 0 Å². The first-order chi connectivity index (χ1) is 12.0. The molecule has 0 saturated carbocycles. The number of benzene rings is 1. The maximum absolute atomic E-state index is 4.52. The van der Waals surface area contributed by atoms with Gasteiger partial charge in [0.15, 0.2) is 5.16 Å². The van der Waals surface area contributed by atoms with Gasteiger partial charge in [0, 0.05) is 43.3 Å². The molecule has 1 aromatic heterocycles. The molecule has 4 nitrogen and oxygen atoms in total. The Morgan fingerprint density at radius 2 is 1.88 bits per heavy atom. The maximum atomic E-state index is 4.52. The molecule has 3 rings (SSSR count). The molecule has 134 valence electrons. The minimum absolute atomic E-state index is 0.399. The lowest BCUT2D eigenvalue weighted by Gasteiger charge is -2.29. The normalized spacial score (nSPS) is 21.1. The molecule has 1 aliphatic heterocycles. The molecule has 1 unspecified atom stereocenters. The van der Waals surface area contributed by atoms with E-state index in [9.17, 15) is 0 Å². The molecule has 1 fully saturated rings. The van der Waals surface area contributed by atoms with Gasteiger partial charge in [0.05, 0.1) is 0 Å². The predicted molar refractivity (Wildman–Crippen MR) is 105 cm³/mol. The van der Waals surface area contributed by atoms with Crippen molar-refractivity contribution in [2.75, 3.05) is 33.7 Å². The number of nitrogens with zero attached hydrogens (tertiary/aromatic N) is 4. The first kappa shape index (κ1) is 18.4. The molecule has 25 heavy (non-hydrogen) atoms. The zero-order valence-electron chi connectivity index (χ0n) is 15.5. The SMILES string of the molecule is CN1CCC(C)(CN(C)Cc2cnc(SCc3ccccc3)nc2)C1. The zero-order chi connectivity index (χ0) is 17.7. The predicted octanol–water partition coefficient (Wildman–Crippen LogP) is 3.54. The van der Waals surface area contributed by atoms with E-state index in [2.05, 4.69) is 65.1 Å². The molecule has 5 heteroatoms. The van der Waals surface area contributed by atoms with Gasteiger partial charge in [0.1, 0.15) is 0 Å². The third-order valence-corrected chi connectivity index (χ3v) is 5.69. The fourth-order valence-electron chi connectivity index (χ4n) is 3.64. The second kappa shape index (κ2) is 8.30. The van der Waals surface area contributed by atoms with Gasteiger partial charge in [-0.3, -0.25) is 0 Å². The molecular weight excluding hydrogens is 328 g/mol. The van der Waals surface area contributed by atoms with Crippen LogP contribution in [0.5, 0.6) is 0 Å². The number of thioether (sulfide) groups is 1. The molecule has 0 radical (unpaired) electrons. The Hall–Kier alpha value is -1.43. The van der Waals surface area contributed by atoms with Crippen LogP contribution in [-0.2, 0) is 12.3 Å². The molecular formula is C20H28N4S. The molecule has 1 saturated heterocycles. The highest BCUT2D eigenvalue weighted by molar-refractivity contribution is 7.98. The summed E-state index contributed by atoms with van der Waals surface area (Å²) in [6.07, 6.45) is 5.22. The number of hydrogen-bond donors (Lipinski definition) is 0. The van der Waals surface area contributed by atoms with Crippen molar-refractivity contribution in [1.82, 2.24) is 19.8 Å². The fraction of sp³-hybridized carbons (Fsp3) is 0.500. The summed E-state index contributed by atoms with van der Waals surface area (Å²) in [5, 5.41) is 0.847. The fourth-order valence-corrected chi connectivity index (χ4v) is 4.38. The van der Waals surface area contributed by atoms with Gasteiger partial charge in [-0.15, -0.1) is 0 Å². The number of rotatable bonds is 7. The minimum Gasteiger partial charge on any atom is -0.306 e. The van der Waals surface area contributed by atoms with Gasteiger partial charge in [0.2, 0.25) is 0 Å². The van der Waals surface area contributed by atoms with Crippen LogP contribution in [0.1, 0.15) is 24.5 Å². The van der Waals surface area contributed by atoms with Gasteiger partial charge in [0.25, 0.3) is 0 Å². The Kier molecular flexibility index (Phi) is 6.10. The minimum atomic E-state index is 0.399. The lowest BCUT2D eigenvalue weighted by molar-refractivity contribution is 0.190. The van der Waals surface area contributed by atoms with E-state index < -0.39 is 0 Å². The molecule has 2 aromatic rings. The number of aromatic nitrogens is 2. The van der Waals surface area contributed by atoms with Crippen molar-refractivity contribution in [3.05, 3.63) is 53.9 Å². The summed E-state index contributed by atoms with van der Waals surface area (Å²) in [4.78, 5) is 13.9. The maximum Gasteiger partial charge on any atom is 0.187 e. The van der Waals surface area contributed by atoms with E-state index in [1.54, 1.807) is 11.8 Å². The smallest absolute Gasteiger partial charge is 0.187 e. The molecule has 1 atom stereocenters. The summed E-state index contributed by atoms with van der Waals surface area (Å²) in [6, 6.07) is 10.4. The van der Waals surface area contributed by atoms with Gasteiger partial charge in [-0.25, -0.2) is 9.97 Å². The molecule has 0 aliphatic carbocycles. The van der Waals surface area contributed by atoms with Crippen molar-refractivity contribution in [3.63, 3.8) is 0 Å². The van der Waals surface area contributed by atoms with E-state index in [1.165, 1.54) is 30.6 Å². The van der Waals surface area contributed by atoms with Gasteiger partial charge in [-0.2, -0.15) is 0 Å². The lowest BCUT2D eigenvalue weighted by Crippen LogP contribution is -2.35. The van der Waals surface area contributed by atoms with Gasteiger partial charge < -0.3 is 9.80 Å². The van der Waals surface area contributed by atoms with Crippen LogP contribution in [-0.4, -0.2) is 53.5 Å². The Morgan fingerprint density at radius 1 is 1.16 bits per heavy atom. The summed E-state index contributed by atoms with van der Waals surface area (Å²) in [5.74, 6) is 0.909. The lowest BCUT2D eigenvalue weighted by atomic mass is 9.89. The van der Waals surface area contributed by atoms with Crippen molar-refractivity contribution < 1.29 is 0 Å². The van der Waals surface area contributed by atoms with E-state index in [0.717, 1.165) is 24.0 Å². The van der Waals surface area contributed by atoms with Crippen molar-refractivity contribution in [2.45, 2.75) is 30.8 Å². The second-order valence-electron chi connectivity index (χ2n) is 7.62. The Labute approximate surface area is 155 Å². The van der Waals surface area contributed by atoms with Crippen LogP contribution in [0.25, 0.3) is 0 Å². The van der Waals surface area contributed by atoms with E-state index in [-0.39, 0.29) is 0 Å². The molecule has 0 spiro atoms. The molecule has 0 amide bonds. The summed E-state index contributed by atoms with van der Waals surface area (Å²) in [6.45, 7) is 6.81. The van der Waals surface area contributed by atoms with Gasteiger partial charge in [-0.1, -0.05) is 49.0 Å². The third kappa shape index (κ3) is 5.53. The van der Waals surface area contributed by atoms with Crippen molar-refractivity contribution in [1.29, 1.82) is 0 Å². The summed E-state index contributed by atoms with van der Waals surface area (Å²) in [5.41, 5.74) is 2.88. The topological polar surface area (TPSA) is 32.3 Å². The highest BCUT2D eigenvalue weighted by Gasteiger charge is 2.32. The standard InChI is InChI=1S/C20H28N4S/c1-20(9-10-23(2)15-20)16-24(3)13-18-11-21-19(22-12-18)25-14-17-7-5-4-6-8-17/h4-8,11-12H,9-10,13-16H2,1-3H3. The average molecular weight is 357 g/mol. The van der Waals surface area contributed by atoms with E-state index in [4.69, 9.17) is 0 Å². The molecule has 2 heterocycles. The van der Waals surface area contributed by atoms with Crippen LogP contribution in [0.3, 0.4) is 0 Å². The Balaban J connectivity index is 1.48. The van der Waals surface area contributed by atoms with Crippen LogP contribution in [0.15, 0.2) is 47.9 Å². The Bertz CT molecular complexity index is 661. The van der Waals surface area contributed by atoms with Gasteiger partial charge in [-0.05, 0) is 38.0 Å². The highest BCUT2D eigenvalue weighted by atomic mass is 32.2. The van der Waals surface area contributed by atoms with Crippen LogP contribution < -0.4 is 0 Å².